The minimum atomic E-state index is -0.0943. The SMILES string of the molecule is CC(NCC(C)N1CCCC1)C(=O)N1CCOCC1. The summed E-state index contributed by atoms with van der Waals surface area (Å²) < 4.78 is 5.27. The Kier molecular flexibility index (Phi) is 5.60. The van der Waals surface area contributed by atoms with Crippen molar-refractivity contribution in [3.8, 4) is 0 Å². The summed E-state index contributed by atoms with van der Waals surface area (Å²) in [6.45, 7) is 10.3. The molecule has 2 aliphatic rings. The molecule has 5 nitrogen and oxygen atoms in total. The molecule has 2 rings (SSSR count). The van der Waals surface area contributed by atoms with Crippen molar-refractivity contribution in [2.75, 3.05) is 45.9 Å². The van der Waals surface area contributed by atoms with Gasteiger partial charge in [0.05, 0.1) is 19.3 Å². The quantitative estimate of drug-likeness (QED) is 0.780. The highest BCUT2D eigenvalue weighted by Crippen LogP contribution is 2.11. The second-order valence-electron chi connectivity index (χ2n) is 5.66. The molecule has 0 aromatic carbocycles. The van der Waals surface area contributed by atoms with Gasteiger partial charge in [-0.2, -0.15) is 0 Å². The number of carbonyl (C=O) groups excluding carboxylic acids is 1. The third kappa shape index (κ3) is 4.16. The lowest BCUT2D eigenvalue weighted by atomic mass is 10.2. The van der Waals surface area contributed by atoms with Crippen molar-refractivity contribution in [1.29, 1.82) is 0 Å². The maximum absolute atomic E-state index is 12.2. The Labute approximate surface area is 116 Å². The summed E-state index contributed by atoms with van der Waals surface area (Å²) in [4.78, 5) is 16.6. The van der Waals surface area contributed by atoms with Gasteiger partial charge in [0, 0.05) is 25.7 Å². The Morgan fingerprint density at radius 2 is 1.79 bits per heavy atom. The van der Waals surface area contributed by atoms with Crippen LogP contribution in [0.1, 0.15) is 26.7 Å². The van der Waals surface area contributed by atoms with Crippen LogP contribution in [0.5, 0.6) is 0 Å². The van der Waals surface area contributed by atoms with Crippen LogP contribution in [0.4, 0.5) is 0 Å². The molecule has 0 radical (unpaired) electrons. The van der Waals surface area contributed by atoms with Crippen LogP contribution >= 0.6 is 0 Å². The van der Waals surface area contributed by atoms with E-state index in [1.54, 1.807) is 0 Å². The van der Waals surface area contributed by atoms with E-state index in [1.165, 1.54) is 25.9 Å². The largest absolute Gasteiger partial charge is 0.378 e. The van der Waals surface area contributed by atoms with Gasteiger partial charge in [-0.05, 0) is 39.8 Å². The number of ether oxygens (including phenoxy) is 1. The first-order valence-corrected chi connectivity index (χ1v) is 7.52. The second-order valence-corrected chi connectivity index (χ2v) is 5.66. The van der Waals surface area contributed by atoms with Gasteiger partial charge < -0.3 is 15.0 Å². The Hall–Kier alpha value is -0.650. The van der Waals surface area contributed by atoms with Gasteiger partial charge in [0.1, 0.15) is 0 Å². The van der Waals surface area contributed by atoms with Crippen LogP contribution in [-0.2, 0) is 9.53 Å². The van der Waals surface area contributed by atoms with Crippen LogP contribution in [0.25, 0.3) is 0 Å². The Bertz CT molecular complexity index is 286. The van der Waals surface area contributed by atoms with Crippen molar-refractivity contribution in [1.82, 2.24) is 15.1 Å². The molecule has 2 heterocycles. The van der Waals surface area contributed by atoms with Crippen molar-refractivity contribution >= 4 is 5.91 Å². The Morgan fingerprint density at radius 3 is 2.42 bits per heavy atom. The average Bonchev–Trinajstić information content (AvgIpc) is 2.98. The number of carbonyl (C=O) groups is 1. The molecule has 0 aliphatic carbocycles. The first kappa shape index (κ1) is 14.8. The molecule has 19 heavy (non-hydrogen) atoms. The first-order valence-electron chi connectivity index (χ1n) is 7.52. The van der Waals surface area contributed by atoms with E-state index in [0.29, 0.717) is 19.3 Å². The van der Waals surface area contributed by atoms with E-state index in [4.69, 9.17) is 4.74 Å². The molecular weight excluding hydrogens is 242 g/mol. The predicted molar refractivity (Wildman–Crippen MR) is 75.1 cm³/mol. The zero-order valence-corrected chi connectivity index (χ0v) is 12.2. The number of rotatable bonds is 5. The molecule has 2 fully saturated rings. The maximum atomic E-state index is 12.2. The van der Waals surface area contributed by atoms with E-state index < -0.39 is 0 Å². The standard InChI is InChI=1S/C14H27N3O2/c1-12(16-5-3-4-6-16)11-15-13(2)14(18)17-7-9-19-10-8-17/h12-13,15H,3-11H2,1-2H3. The average molecular weight is 269 g/mol. The van der Waals surface area contributed by atoms with Crippen LogP contribution in [-0.4, -0.2) is 73.7 Å². The van der Waals surface area contributed by atoms with Gasteiger partial charge in [-0.15, -0.1) is 0 Å². The highest BCUT2D eigenvalue weighted by Gasteiger charge is 2.23. The molecule has 2 unspecified atom stereocenters. The molecule has 0 aromatic rings. The van der Waals surface area contributed by atoms with E-state index in [9.17, 15) is 4.79 Å². The number of hydrogen-bond donors (Lipinski definition) is 1. The number of nitrogens with zero attached hydrogens (tertiary/aromatic N) is 2. The summed E-state index contributed by atoms with van der Waals surface area (Å²) in [5, 5.41) is 3.38. The molecular formula is C14H27N3O2. The normalized spacial score (nSPS) is 24.4. The molecule has 1 amide bonds. The fourth-order valence-electron chi connectivity index (χ4n) is 2.80. The number of morpholine rings is 1. The molecule has 5 heteroatoms. The highest BCUT2D eigenvalue weighted by molar-refractivity contribution is 5.81. The molecule has 0 aromatic heterocycles. The number of amides is 1. The molecule has 0 bridgehead atoms. The third-order valence-electron chi connectivity index (χ3n) is 4.18. The topological polar surface area (TPSA) is 44.8 Å². The summed E-state index contributed by atoms with van der Waals surface area (Å²) in [6.07, 6.45) is 2.62. The van der Waals surface area contributed by atoms with E-state index in [2.05, 4.69) is 17.1 Å². The minimum absolute atomic E-state index is 0.0943. The van der Waals surface area contributed by atoms with Gasteiger partial charge in [0.25, 0.3) is 0 Å². The molecule has 0 spiro atoms. The lowest BCUT2D eigenvalue weighted by Gasteiger charge is -2.31. The summed E-state index contributed by atoms with van der Waals surface area (Å²) in [6, 6.07) is 0.422. The van der Waals surface area contributed by atoms with E-state index in [-0.39, 0.29) is 11.9 Å². The maximum Gasteiger partial charge on any atom is 0.239 e. The monoisotopic (exact) mass is 269 g/mol. The lowest BCUT2D eigenvalue weighted by Crippen LogP contribution is -2.51. The molecule has 0 saturated carbocycles. The predicted octanol–water partition coefficient (Wildman–Crippen LogP) is 0.308. The van der Waals surface area contributed by atoms with Gasteiger partial charge in [0.15, 0.2) is 0 Å². The Morgan fingerprint density at radius 1 is 1.16 bits per heavy atom. The van der Waals surface area contributed by atoms with Crippen molar-refractivity contribution < 1.29 is 9.53 Å². The Balaban J connectivity index is 1.70. The number of nitrogens with one attached hydrogen (secondary N) is 1. The zero-order chi connectivity index (χ0) is 13.7. The van der Waals surface area contributed by atoms with Gasteiger partial charge in [-0.3, -0.25) is 9.69 Å². The van der Waals surface area contributed by atoms with Crippen molar-refractivity contribution in [3.05, 3.63) is 0 Å². The molecule has 1 N–H and O–H groups in total. The van der Waals surface area contributed by atoms with Crippen LogP contribution < -0.4 is 5.32 Å². The van der Waals surface area contributed by atoms with Crippen LogP contribution in [0, 0.1) is 0 Å². The van der Waals surface area contributed by atoms with Crippen LogP contribution in [0.15, 0.2) is 0 Å². The molecule has 2 aliphatic heterocycles. The van der Waals surface area contributed by atoms with E-state index in [1.807, 2.05) is 11.8 Å². The fraction of sp³-hybridized carbons (Fsp3) is 0.929. The third-order valence-corrected chi connectivity index (χ3v) is 4.18. The van der Waals surface area contributed by atoms with Crippen LogP contribution in [0.3, 0.4) is 0 Å². The van der Waals surface area contributed by atoms with Gasteiger partial charge in [-0.1, -0.05) is 0 Å². The molecule has 2 atom stereocenters. The van der Waals surface area contributed by atoms with Gasteiger partial charge in [0.2, 0.25) is 5.91 Å². The van der Waals surface area contributed by atoms with Crippen molar-refractivity contribution in [2.45, 2.75) is 38.8 Å². The van der Waals surface area contributed by atoms with Crippen LogP contribution in [0.2, 0.25) is 0 Å². The summed E-state index contributed by atoms with van der Waals surface area (Å²) in [5.41, 5.74) is 0. The van der Waals surface area contributed by atoms with Gasteiger partial charge >= 0.3 is 0 Å². The van der Waals surface area contributed by atoms with Gasteiger partial charge in [-0.25, -0.2) is 0 Å². The zero-order valence-electron chi connectivity index (χ0n) is 12.2. The lowest BCUT2D eigenvalue weighted by molar-refractivity contribution is -0.137. The minimum Gasteiger partial charge on any atom is -0.378 e. The smallest absolute Gasteiger partial charge is 0.239 e. The number of hydrogen-bond acceptors (Lipinski definition) is 4. The molecule has 2 saturated heterocycles. The van der Waals surface area contributed by atoms with E-state index in [0.717, 1.165) is 19.6 Å². The second kappa shape index (κ2) is 7.22. The van der Waals surface area contributed by atoms with Crippen molar-refractivity contribution in [2.24, 2.45) is 0 Å². The summed E-state index contributed by atoms with van der Waals surface area (Å²) in [7, 11) is 0. The summed E-state index contributed by atoms with van der Waals surface area (Å²) >= 11 is 0. The highest BCUT2D eigenvalue weighted by atomic mass is 16.5. The fourth-order valence-corrected chi connectivity index (χ4v) is 2.80. The molecule has 110 valence electrons. The number of likely N-dealkylation sites (tertiary alicyclic amines) is 1. The van der Waals surface area contributed by atoms with E-state index >= 15 is 0 Å². The summed E-state index contributed by atoms with van der Waals surface area (Å²) in [5.74, 6) is 0.205. The van der Waals surface area contributed by atoms with Crippen molar-refractivity contribution in [3.63, 3.8) is 0 Å². The first-order chi connectivity index (χ1) is 9.18.